The summed E-state index contributed by atoms with van der Waals surface area (Å²) in [5.41, 5.74) is 0. The number of allylic oxidation sites excluding steroid dienone is 4. The van der Waals surface area contributed by atoms with Crippen LogP contribution in [0.15, 0.2) is 24.3 Å². The summed E-state index contributed by atoms with van der Waals surface area (Å²) >= 11 is 0. The third-order valence-corrected chi connectivity index (χ3v) is 5.88. The first kappa shape index (κ1) is 14.5. The minimum Gasteiger partial charge on any atom is -0.229 e. The lowest BCUT2D eigenvalue weighted by Gasteiger charge is -2.27. The van der Waals surface area contributed by atoms with Crippen LogP contribution in [0.25, 0.3) is 0 Å². The SMILES string of the molecule is CC1(S(C)(=O)=O)CCC/C=C\C=C\CCCC1. The molecule has 1 atom stereocenters. The smallest absolute Gasteiger partial charge is 0.152 e. The van der Waals surface area contributed by atoms with E-state index < -0.39 is 14.6 Å². The Morgan fingerprint density at radius 1 is 0.941 bits per heavy atom. The third kappa shape index (κ3) is 4.66. The van der Waals surface area contributed by atoms with Crippen LogP contribution in [0.2, 0.25) is 0 Å². The molecule has 0 aromatic heterocycles. The van der Waals surface area contributed by atoms with Gasteiger partial charge in [0.25, 0.3) is 0 Å². The van der Waals surface area contributed by atoms with Crippen LogP contribution in [0.4, 0.5) is 0 Å². The molecule has 3 heteroatoms. The van der Waals surface area contributed by atoms with Crippen molar-refractivity contribution in [3.8, 4) is 0 Å². The Balaban J connectivity index is 2.73. The minimum absolute atomic E-state index is 0.524. The van der Waals surface area contributed by atoms with Crippen molar-refractivity contribution in [3.05, 3.63) is 24.3 Å². The van der Waals surface area contributed by atoms with Crippen molar-refractivity contribution in [2.45, 2.75) is 56.6 Å². The van der Waals surface area contributed by atoms with Gasteiger partial charge in [0.2, 0.25) is 0 Å². The van der Waals surface area contributed by atoms with E-state index in [1.807, 2.05) is 6.92 Å². The van der Waals surface area contributed by atoms with Gasteiger partial charge in [-0.2, -0.15) is 0 Å². The largest absolute Gasteiger partial charge is 0.229 e. The lowest BCUT2D eigenvalue weighted by molar-refractivity contribution is 0.455. The summed E-state index contributed by atoms with van der Waals surface area (Å²) in [7, 11) is -2.96. The van der Waals surface area contributed by atoms with E-state index in [2.05, 4.69) is 24.3 Å². The Kier molecular flexibility index (Phi) is 5.44. The summed E-state index contributed by atoms with van der Waals surface area (Å²) in [4.78, 5) is 0. The van der Waals surface area contributed by atoms with E-state index in [0.29, 0.717) is 0 Å². The quantitative estimate of drug-likeness (QED) is 0.717. The maximum absolute atomic E-state index is 11.9. The van der Waals surface area contributed by atoms with E-state index in [9.17, 15) is 8.42 Å². The van der Waals surface area contributed by atoms with E-state index in [4.69, 9.17) is 0 Å². The van der Waals surface area contributed by atoms with Gasteiger partial charge in [0.05, 0.1) is 4.75 Å². The van der Waals surface area contributed by atoms with E-state index in [1.165, 1.54) is 6.26 Å². The molecule has 0 spiro atoms. The van der Waals surface area contributed by atoms with Gasteiger partial charge in [0.1, 0.15) is 0 Å². The van der Waals surface area contributed by atoms with Gasteiger partial charge in [-0.3, -0.25) is 0 Å². The molecular weight excluding hydrogens is 232 g/mol. The second-order valence-electron chi connectivity index (χ2n) is 5.22. The van der Waals surface area contributed by atoms with Crippen molar-refractivity contribution < 1.29 is 8.42 Å². The minimum atomic E-state index is -2.96. The van der Waals surface area contributed by atoms with Crippen LogP contribution < -0.4 is 0 Å². The summed E-state index contributed by atoms with van der Waals surface area (Å²) in [5.74, 6) is 0. The highest BCUT2D eigenvalue weighted by Gasteiger charge is 2.34. The fraction of sp³-hybridized carbons (Fsp3) is 0.714. The van der Waals surface area contributed by atoms with Crippen molar-refractivity contribution in [3.63, 3.8) is 0 Å². The fourth-order valence-electron chi connectivity index (χ4n) is 2.20. The molecule has 0 heterocycles. The second-order valence-corrected chi connectivity index (χ2v) is 7.75. The molecule has 1 aliphatic rings. The van der Waals surface area contributed by atoms with Crippen LogP contribution in [0.3, 0.4) is 0 Å². The lowest BCUT2D eigenvalue weighted by atomic mass is 9.95. The van der Waals surface area contributed by atoms with E-state index in [1.54, 1.807) is 0 Å². The summed E-state index contributed by atoms with van der Waals surface area (Å²) < 4.78 is 23.3. The average Bonchev–Trinajstić information content (AvgIpc) is 2.21. The topological polar surface area (TPSA) is 34.1 Å². The van der Waals surface area contributed by atoms with Gasteiger partial charge in [-0.15, -0.1) is 0 Å². The molecule has 0 aromatic carbocycles. The Labute approximate surface area is 106 Å². The molecule has 1 rings (SSSR count). The zero-order chi connectivity index (χ0) is 12.8. The molecule has 0 saturated heterocycles. The zero-order valence-corrected chi connectivity index (χ0v) is 11.8. The number of rotatable bonds is 1. The number of sulfone groups is 1. The zero-order valence-electron chi connectivity index (χ0n) is 11.0. The Hall–Kier alpha value is -0.570. The van der Waals surface area contributed by atoms with Crippen molar-refractivity contribution in [1.82, 2.24) is 0 Å². The van der Waals surface area contributed by atoms with Crippen LogP contribution in [-0.2, 0) is 9.84 Å². The third-order valence-electron chi connectivity index (χ3n) is 3.68. The highest BCUT2D eigenvalue weighted by atomic mass is 32.2. The highest BCUT2D eigenvalue weighted by molar-refractivity contribution is 7.92. The molecule has 0 amide bonds. The van der Waals surface area contributed by atoms with Gasteiger partial charge in [0, 0.05) is 6.26 Å². The molecule has 0 N–H and O–H groups in total. The normalized spacial score (nSPS) is 32.1. The van der Waals surface area contributed by atoms with Crippen LogP contribution >= 0.6 is 0 Å². The van der Waals surface area contributed by atoms with Crippen LogP contribution in [-0.4, -0.2) is 19.4 Å². The molecule has 0 radical (unpaired) electrons. The number of hydrogen-bond acceptors (Lipinski definition) is 2. The van der Waals surface area contributed by atoms with Crippen LogP contribution in [0, 0.1) is 0 Å². The van der Waals surface area contributed by atoms with Crippen molar-refractivity contribution in [2.24, 2.45) is 0 Å². The van der Waals surface area contributed by atoms with Gasteiger partial charge in [-0.25, -0.2) is 8.42 Å². The molecule has 98 valence electrons. The predicted octanol–water partition coefficient (Wildman–Crippen LogP) is 3.65. The molecule has 0 saturated carbocycles. The summed E-state index contributed by atoms with van der Waals surface area (Å²) in [6.45, 7) is 1.91. The van der Waals surface area contributed by atoms with Crippen molar-refractivity contribution >= 4 is 9.84 Å². The average molecular weight is 256 g/mol. The predicted molar refractivity (Wildman–Crippen MR) is 73.8 cm³/mol. The summed E-state index contributed by atoms with van der Waals surface area (Å²) in [6, 6.07) is 0. The van der Waals surface area contributed by atoms with Crippen molar-refractivity contribution in [2.75, 3.05) is 6.26 Å². The van der Waals surface area contributed by atoms with Gasteiger partial charge >= 0.3 is 0 Å². The van der Waals surface area contributed by atoms with Crippen LogP contribution in [0.1, 0.15) is 51.9 Å². The molecule has 0 aliphatic heterocycles. The maximum Gasteiger partial charge on any atom is 0.152 e. The molecule has 2 nitrogen and oxygen atoms in total. The van der Waals surface area contributed by atoms with Gasteiger partial charge in [0.15, 0.2) is 9.84 Å². The second kappa shape index (κ2) is 6.39. The molecule has 0 bridgehead atoms. The fourth-order valence-corrected chi connectivity index (χ4v) is 3.23. The first-order chi connectivity index (χ1) is 7.96. The molecule has 17 heavy (non-hydrogen) atoms. The van der Waals surface area contributed by atoms with Gasteiger partial charge < -0.3 is 0 Å². The van der Waals surface area contributed by atoms with Gasteiger partial charge in [-0.1, -0.05) is 30.7 Å². The van der Waals surface area contributed by atoms with E-state index >= 15 is 0 Å². The van der Waals surface area contributed by atoms with E-state index in [0.717, 1.165) is 44.9 Å². The van der Waals surface area contributed by atoms with E-state index in [-0.39, 0.29) is 0 Å². The monoisotopic (exact) mass is 256 g/mol. The standard InChI is InChI=1S/C14H24O2S/c1-14(17(2,15)16)12-10-8-6-4-3-5-7-9-11-13-14/h3-6H,7-13H2,1-2H3/b5-3+,6-4-. The number of hydrogen-bond donors (Lipinski definition) is 0. The first-order valence-corrected chi connectivity index (χ1v) is 8.36. The van der Waals surface area contributed by atoms with Gasteiger partial charge in [-0.05, 0) is 45.4 Å². The van der Waals surface area contributed by atoms with Crippen molar-refractivity contribution in [1.29, 1.82) is 0 Å². The first-order valence-electron chi connectivity index (χ1n) is 6.47. The molecule has 0 fully saturated rings. The summed E-state index contributed by atoms with van der Waals surface area (Å²) in [6.07, 6.45) is 16.5. The molecule has 0 aromatic rings. The lowest BCUT2D eigenvalue weighted by Crippen LogP contribution is -2.34. The van der Waals surface area contributed by atoms with Crippen LogP contribution in [0.5, 0.6) is 0 Å². The molecular formula is C14H24O2S. The summed E-state index contributed by atoms with van der Waals surface area (Å²) in [5, 5.41) is 0. The Morgan fingerprint density at radius 2 is 1.47 bits per heavy atom. The Morgan fingerprint density at radius 3 is 2.06 bits per heavy atom. The maximum atomic E-state index is 11.9. The molecule has 1 aliphatic carbocycles. The highest BCUT2D eigenvalue weighted by Crippen LogP contribution is 2.29. The Bertz CT molecular complexity index is 379. The molecule has 1 unspecified atom stereocenters.